The van der Waals surface area contributed by atoms with Crippen LogP contribution in [0.25, 0.3) is 0 Å². The minimum Gasteiger partial charge on any atom is -0.494 e. The molecule has 0 saturated heterocycles. The Morgan fingerprint density at radius 1 is 0.760 bits per heavy atom. The molecular formula is C16H24N2O6S. The van der Waals surface area contributed by atoms with Crippen LogP contribution in [0.15, 0.2) is 48.5 Å². The average Bonchev–Trinajstić information content (AvgIpc) is 2.51. The van der Waals surface area contributed by atoms with Crippen molar-refractivity contribution in [3.8, 4) is 11.5 Å². The molecule has 2 rings (SSSR count). The van der Waals surface area contributed by atoms with Crippen molar-refractivity contribution in [2.45, 2.75) is 13.8 Å². The van der Waals surface area contributed by atoms with E-state index in [4.69, 9.17) is 38.5 Å². The van der Waals surface area contributed by atoms with Crippen molar-refractivity contribution in [2.24, 2.45) is 0 Å². The van der Waals surface area contributed by atoms with E-state index in [0.717, 1.165) is 22.9 Å². The molecule has 0 fully saturated rings. The van der Waals surface area contributed by atoms with Gasteiger partial charge < -0.3 is 20.9 Å². The predicted molar refractivity (Wildman–Crippen MR) is 98.2 cm³/mol. The van der Waals surface area contributed by atoms with Crippen LogP contribution in [0.5, 0.6) is 11.5 Å². The van der Waals surface area contributed by atoms with Gasteiger partial charge in [0.25, 0.3) is 0 Å². The molecule has 0 heterocycles. The maximum Gasteiger partial charge on any atom is 0.394 e. The van der Waals surface area contributed by atoms with Gasteiger partial charge in [-0.3, -0.25) is 9.11 Å². The van der Waals surface area contributed by atoms with Crippen LogP contribution in [0.2, 0.25) is 0 Å². The number of anilines is 2. The lowest BCUT2D eigenvalue weighted by Crippen LogP contribution is -1.91. The van der Waals surface area contributed by atoms with Crippen LogP contribution in [-0.4, -0.2) is 30.7 Å². The highest BCUT2D eigenvalue weighted by atomic mass is 32.3. The molecule has 2 aromatic carbocycles. The molecule has 0 bridgehead atoms. The van der Waals surface area contributed by atoms with E-state index >= 15 is 0 Å². The Bertz CT molecular complexity index is 632. The second kappa shape index (κ2) is 12.0. The van der Waals surface area contributed by atoms with Gasteiger partial charge in [0.15, 0.2) is 0 Å². The number of nitrogen functional groups attached to an aromatic ring is 2. The molecule has 25 heavy (non-hydrogen) atoms. The lowest BCUT2D eigenvalue weighted by Gasteiger charge is -2.01. The maximum atomic E-state index is 8.74. The Morgan fingerprint density at radius 2 is 1.00 bits per heavy atom. The van der Waals surface area contributed by atoms with Crippen molar-refractivity contribution in [2.75, 3.05) is 24.7 Å². The Hall–Kier alpha value is -2.49. The van der Waals surface area contributed by atoms with Crippen LogP contribution in [0.1, 0.15) is 13.8 Å². The molecule has 8 nitrogen and oxygen atoms in total. The van der Waals surface area contributed by atoms with Crippen molar-refractivity contribution in [3.05, 3.63) is 48.5 Å². The zero-order valence-corrected chi connectivity index (χ0v) is 14.9. The largest absolute Gasteiger partial charge is 0.494 e. The Balaban J connectivity index is 0.000000368. The molecule has 2 aromatic rings. The summed E-state index contributed by atoms with van der Waals surface area (Å²) in [5.74, 6) is 1.74. The smallest absolute Gasteiger partial charge is 0.394 e. The third-order valence-corrected chi connectivity index (χ3v) is 2.38. The molecule has 0 aliphatic heterocycles. The minimum absolute atomic E-state index is 0.698. The van der Waals surface area contributed by atoms with E-state index in [2.05, 4.69) is 0 Å². The van der Waals surface area contributed by atoms with E-state index in [0.29, 0.717) is 13.2 Å². The summed E-state index contributed by atoms with van der Waals surface area (Å²) in [6, 6.07) is 14.7. The fourth-order valence-electron chi connectivity index (χ4n) is 1.46. The van der Waals surface area contributed by atoms with Crippen molar-refractivity contribution in [1.29, 1.82) is 0 Å². The molecule has 0 atom stereocenters. The fraction of sp³-hybridized carbons (Fsp3) is 0.250. The number of nitrogens with two attached hydrogens (primary N) is 2. The van der Waals surface area contributed by atoms with Gasteiger partial charge in [0.05, 0.1) is 13.2 Å². The number of hydrogen-bond donors (Lipinski definition) is 4. The first-order valence-corrected chi connectivity index (χ1v) is 8.72. The summed E-state index contributed by atoms with van der Waals surface area (Å²) < 4.78 is 42.0. The second-order valence-corrected chi connectivity index (χ2v) is 5.35. The lowest BCUT2D eigenvalue weighted by molar-refractivity contribution is 0.340. The maximum absolute atomic E-state index is 8.74. The van der Waals surface area contributed by atoms with Crippen molar-refractivity contribution in [3.63, 3.8) is 0 Å². The summed E-state index contributed by atoms with van der Waals surface area (Å²) in [6.45, 7) is 5.31. The number of ether oxygens (including phenoxy) is 2. The number of rotatable bonds is 4. The first-order valence-electron chi connectivity index (χ1n) is 7.32. The topological polar surface area (TPSA) is 145 Å². The highest BCUT2D eigenvalue weighted by Crippen LogP contribution is 2.13. The molecule has 0 spiro atoms. The SMILES string of the molecule is CCOc1ccc(N)cc1.CCOc1ccc(N)cc1.O=S(=O)(O)O. The van der Waals surface area contributed by atoms with Gasteiger partial charge in [0, 0.05) is 11.4 Å². The van der Waals surface area contributed by atoms with E-state index in [-0.39, 0.29) is 0 Å². The van der Waals surface area contributed by atoms with Crippen LogP contribution in [0, 0.1) is 0 Å². The molecule has 9 heteroatoms. The van der Waals surface area contributed by atoms with E-state index in [1.807, 2.05) is 62.4 Å². The highest BCUT2D eigenvalue weighted by molar-refractivity contribution is 7.79. The van der Waals surface area contributed by atoms with Crippen molar-refractivity contribution < 1.29 is 27.0 Å². The quantitative estimate of drug-likeness (QED) is 0.473. The van der Waals surface area contributed by atoms with Crippen molar-refractivity contribution in [1.82, 2.24) is 0 Å². The van der Waals surface area contributed by atoms with Gasteiger partial charge in [-0.15, -0.1) is 0 Å². The van der Waals surface area contributed by atoms with Gasteiger partial charge in [0.1, 0.15) is 11.5 Å². The summed E-state index contributed by atoms with van der Waals surface area (Å²) in [6.07, 6.45) is 0. The normalized spacial score (nSPS) is 9.76. The van der Waals surface area contributed by atoms with Gasteiger partial charge in [-0.1, -0.05) is 0 Å². The first kappa shape index (κ1) is 22.5. The van der Waals surface area contributed by atoms with Crippen LogP contribution < -0.4 is 20.9 Å². The Labute approximate surface area is 147 Å². The van der Waals surface area contributed by atoms with Gasteiger partial charge >= 0.3 is 10.4 Å². The molecule has 0 aromatic heterocycles. The van der Waals surface area contributed by atoms with E-state index in [9.17, 15) is 0 Å². The summed E-state index contributed by atoms with van der Waals surface area (Å²) in [5.41, 5.74) is 12.5. The summed E-state index contributed by atoms with van der Waals surface area (Å²) >= 11 is 0. The molecule has 0 aliphatic carbocycles. The standard InChI is InChI=1S/2C8H11NO.H2O4S/c2*1-2-10-8-5-3-7(9)4-6-8;1-5(2,3)4/h2*3-6H,2,9H2,1H3;(H2,1,2,3,4). The van der Waals surface area contributed by atoms with Gasteiger partial charge in [-0.05, 0) is 62.4 Å². The van der Waals surface area contributed by atoms with E-state index in [1.54, 1.807) is 0 Å². The summed E-state index contributed by atoms with van der Waals surface area (Å²) in [7, 11) is -4.67. The van der Waals surface area contributed by atoms with Crippen LogP contribution in [-0.2, 0) is 10.4 Å². The van der Waals surface area contributed by atoms with E-state index < -0.39 is 10.4 Å². The third kappa shape index (κ3) is 14.8. The number of benzene rings is 2. The molecular weight excluding hydrogens is 348 g/mol. The Kier molecular flexibility index (Phi) is 10.8. The third-order valence-electron chi connectivity index (χ3n) is 2.38. The summed E-state index contributed by atoms with van der Waals surface area (Å²) in [5, 5.41) is 0. The molecule has 6 N–H and O–H groups in total. The lowest BCUT2D eigenvalue weighted by atomic mass is 10.3. The highest BCUT2D eigenvalue weighted by Gasteiger charge is 1.89. The van der Waals surface area contributed by atoms with E-state index in [1.165, 1.54) is 0 Å². The zero-order valence-electron chi connectivity index (χ0n) is 14.1. The van der Waals surface area contributed by atoms with Gasteiger partial charge in [-0.25, -0.2) is 0 Å². The molecule has 140 valence electrons. The van der Waals surface area contributed by atoms with Gasteiger partial charge in [-0.2, -0.15) is 8.42 Å². The summed E-state index contributed by atoms with van der Waals surface area (Å²) in [4.78, 5) is 0. The monoisotopic (exact) mass is 372 g/mol. The van der Waals surface area contributed by atoms with Gasteiger partial charge in [0.2, 0.25) is 0 Å². The fourth-order valence-corrected chi connectivity index (χ4v) is 1.46. The Morgan fingerprint density at radius 3 is 1.20 bits per heavy atom. The van der Waals surface area contributed by atoms with Crippen LogP contribution in [0.4, 0.5) is 11.4 Å². The van der Waals surface area contributed by atoms with Crippen molar-refractivity contribution >= 4 is 21.8 Å². The average molecular weight is 372 g/mol. The van der Waals surface area contributed by atoms with Crippen LogP contribution in [0.3, 0.4) is 0 Å². The molecule has 0 saturated carbocycles. The number of hydrogen-bond acceptors (Lipinski definition) is 6. The second-order valence-electron chi connectivity index (χ2n) is 4.45. The zero-order chi connectivity index (χ0) is 19.3. The van der Waals surface area contributed by atoms with Crippen LogP contribution >= 0.6 is 0 Å². The molecule has 0 radical (unpaired) electrons. The first-order chi connectivity index (χ1) is 11.7. The predicted octanol–water partition coefficient (Wildman–Crippen LogP) is 2.68. The minimum atomic E-state index is -4.67. The molecule has 0 unspecified atom stereocenters. The molecule has 0 amide bonds. The molecule has 0 aliphatic rings.